The molecule has 0 aromatic heterocycles. The SMILES string of the molecule is CCCCCCOc1ccc(N)cc1OC(F)(F)F. The minimum atomic E-state index is -4.76. The maximum absolute atomic E-state index is 12.2. The van der Waals surface area contributed by atoms with Gasteiger partial charge in [0.05, 0.1) is 6.61 Å². The highest BCUT2D eigenvalue weighted by Gasteiger charge is 2.32. The maximum atomic E-state index is 12.2. The molecule has 0 spiro atoms. The molecule has 0 radical (unpaired) electrons. The van der Waals surface area contributed by atoms with Gasteiger partial charge in [-0.25, -0.2) is 0 Å². The lowest BCUT2D eigenvalue weighted by molar-refractivity contribution is -0.275. The number of hydrogen-bond acceptors (Lipinski definition) is 3. The van der Waals surface area contributed by atoms with Crippen molar-refractivity contribution >= 4 is 5.69 Å². The summed E-state index contributed by atoms with van der Waals surface area (Å²) < 4.78 is 45.9. The lowest BCUT2D eigenvalue weighted by Crippen LogP contribution is -2.18. The summed E-state index contributed by atoms with van der Waals surface area (Å²) in [4.78, 5) is 0. The van der Waals surface area contributed by atoms with E-state index in [2.05, 4.69) is 11.7 Å². The molecule has 1 aromatic carbocycles. The predicted octanol–water partition coefficient (Wildman–Crippen LogP) is 4.13. The first-order chi connectivity index (χ1) is 8.92. The third kappa shape index (κ3) is 6.22. The Morgan fingerprint density at radius 2 is 1.84 bits per heavy atom. The Labute approximate surface area is 110 Å². The molecule has 6 heteroatoms. The molecule has 1 rings (SSSR count). The van der Waals surface area contributed by atoms with Gasteiger partial charge in [0.15, 0.2) is 11.5 Å². The van der Waals surface area contributed by atoms with E-state index >= 15 is 0 Å². The molecule has 0 aliphatic rings. The van der Waals surface area contributed by atoms with Gasteiger partial charge in [-0.15, -0.1) is 13.2 Å². The van der Waals surface area contributed by atoms with Crippen molar-refractivity contribution in [2.45, 2.75) is 39.0 Å². The summed E-state index contributed by atoms with van der Waals surface area (Å²) >= 11 is 0. The normalized spacial score (nSPS) is 11.4. The molecule has 0 saturated carbocycles. The zero-order valence-corrected chi connectivity index (χ0v) is 10.8. The van der Waals surface area contributed by atoms with Gasteiger partial charge in [-0.05, 0) is 18.6 Å². The number of hydrogen-bond donors (Lipinski definition) is 1. The van der Waals surface area contributed by atoms with Gasteiger partial charge in [0.2, 0.25) is 0 Å². The quantitative estimate of drug-likeness (QED) is 0.602. The van der Waals surface area contributed by atoms with E-state index in [0.29, 0.717) is 6.61 Å². The smallest absolute Gasteiger partial charge is 0.490 e. The fraction of sp³-hybridized carbons (Fsp3) is 0.538. The fourth-order valence-corrected chi connectivity index (χ4v) is 1.56. The van der Waals surface area contributed by atoms with E-state index < -0.39 is 12.1 Å². The first-order valence-electron chi connectivity index (χ1n) is 6.20. The number of anilines is 1. The van der Waals surface area contributed by atoms with Crippen LogP contribution in [0.25, 0.3) is 0 Å². The minimum absolute atomic E-state index is 0.0584. The predicted molar refractivity (Wildman–Crippen MR) is 67.2 cm³/mol. The molecule has 0 bridgehead atoms. The number of unbranched alkanes of at least 4 members (excludes halogenated alkanes) is 3. The van der Waals surface area contributed by atoms with Crippen LogP contribution in [0, 0.1) is 0 Å². The van der Waals surface area contributed by atoms with Crippen molar-refractivity contribution in [3.8, 4) is 11.5 Å². The van der Waals surface area contributed by atoms with Gasteiger partial charge in [0, 0.05) is 11.8 Å². The molecule has 2 N–H and O–H groups in total. The van der Waals surface area contributed by atoms with Crippen molar-refractivity contribution in [2.24, 2.45) is 0 Å². The Hall–Kier alpha value is -1.59. The second kappa shape index (κ2) is 7.11. The second-order valence-corrected chi connectivity index (χ2v) is 4.16. The molecule has 0 unspecified atom stereocenters. The Morgan fingerprint density at radius 3 is 2.47 bits per heavy atom. The molecule has 0 fully saturated rings. The standard InChI is InChI=1S/C13H18F3NO2/c1-2-3-4-5-8-18-11-7-6-10(17)9-12(11)19-13(14,15)16/h6-7,9H,2-5,8,17H2,1H3. The van der Waals surface area contributed by atoms with Gasteiger partial charge in [-0.3, -0.25) is 0 Å². The molecule has 0 saturated heterocycles. The number of nitrogen functional groups attached to an aromatic ring is 1. The summed E-state index contributed by atoms with van der Waals surface area (Å²) in [7, 11) is 0. The van der Waals surface area contributed by atoms with Gasteiger partial charge in [-0.2, -0.15) is 0 Å². The van der Waals surface area contributed by atoms with Gasteiger partial charge >= 0.3 is 6.36 Å². The van der Waals surface area contributed by atoms with Gasteiger partial charge in [0.1, 0.15) is 0 Å². The van der Waals surface area contributed by atoms with Crippen molar-refractivity contribution in [1.29, 1.82) is 0 Å². The van der Waals surface area contributed by atoms with Crippen LogP contribution in [0.3, 0.4) is 0 Å². The topological polar surface area (TPSA) is 44.5 Å². The highest BCUT2D eigenvalue weighted by Crippen LogP contribution is 2.34. The maximum Gasteiger partial charge on any atom is 0.573 e. The summed E-state index contributed by atoms with van der Waals surface area (Å²) in [5.41, 5.74) is 5.63. The van der Waals surface area contributed by atoms with Crippen LogP contribution in [0.1, 0.15) is 32.6 Å². The first kappa shape index (κ1) is 15.5. The van der Waals surface area contributed by atoms with Crippen LogP contribution in [-0.2, 0) is 0 Å². The molecule has 0 amide bonds. The molecule has 108 valence electrons. The van der Waals surface area contributed by atoms with Crippen LogP contribution in [0.5, 0.6) is 11.5 Å². The number of benzene rings is 1. The average Bonchev–Trinajstić information content (AvgIpc) is 2.29. The van der Waals surface area contributed by atoms with Gasteiger partial charge in [0.25, 0.3) is 0 Å². The number of rotatable bonds is 7. The van der Waals surface area contributed by atoms with Crippen LogP contribution in [0.15, 0.2) is 18.2 Å². The minimum Gasteiger partial charge on any atom is -0.490 e. The Kier molecular flexibility index (Phi) is 5.79. The van der Waals surface area contributed by atoms with E-state index in [1.54, 1.807) is 0 Å². The van der Waals surface area contributed by atoms with E-state index in [9.17, 15) is 13.2 Å². The van der Waals surface area contributed by atoms with Crippen molar-refractivity contribution in [2.75, 3.05) is 12.3 Å². The fourth-order valence-electron chi connectivity index (χ4n) is 1.56. The summed E-state index contributed by atoms with van der Waals surface area (Å²) in [6, 6.07) is 3.97. The van der Waals surface area contributed by atoms with Crippen LogP contribution in [-0.4, -0.2) is 13.0 Å². The highest BCUT2D eigenvalue weighted by atomic mass is 19.4. The molecule has 0 heterocycles. The van der Waals surface area contributed by atoms with Crippen molar-refractivity contribution in [1.82, 2.24) is 0 Å². The number of ether oxygens (including phenoxy) is 2. The Bertz CT molecular complexity index is 394. The molecular weight excluding hydrogens is 259 g/mol. The summed E-state index contributed by atoms with van der Waals surface area (Å²) in [5, 5.41) is 0. The Balaban J connectivity index is 2.61. The monoisotopic (exact) mass is 277 g/mol. The Morgan fingerprint density at radius 1 is 1.11 bits per heavy atom. The van der Waals surface area contributed by atoms with Crippen LogP contribution >= 0.6 is 0 Å². The number of alkyl halides is 3. The molecule has 19 heavy (non-hydrogen) atoms. The van der Waals surface area contributed by atoms with E-state index in [1.165, 1.54) is 12.1 Å². The first-order valence-corrected chi connectivity index (χ1v) is 6.20. The molecule has 0 aliphatic carbocycles. The van der Waals surface area contributed by atoms with Crippen molar-refractivity contribution in [3.63, 3.8) is 0 Å². The van der Waals surface area contributed by atoms with Gasteiger partial charge < -0.3 is 15.2 Å². The molecule has 0 aliphatic heterocycles. The van der Waals surface area contributed by atoms with Crippen molar-refractivity contribution in [3.05, 3.63) is 18.2 Å². The molecule has 1 aromatic rings. The van der Waals surface area contributed by atoms with E-state index in [0.717, 1.165) is 31.7 Å². The third-order valence-corrected chi connectivity index (χ3v) is 2.45. The molecular formula is C13H18F3NO2. The summed E-state index contributed by atoms with van der Waals surface area (Å²) in [5.74, 6) is -0.342. The van der Waals surface area contributed by atoms with E-state index in [4.69, 9.17) is 10.5 Å². The number of halogens is 3. The highest BCUT2D eigenvalue weighted by molar-refractivity contribution is 5.52. The third-order valence-electron chi connectivity index (χ3n) is 2.45. The van der Waals surface area contributed by atoms with Crippen LogP contribution < -0.4 is 15.2 Å². The molecule has 0 atom stereocenters. The lowest BCUT2D eigenvalue weighted by Gasteiger charge is -2.14. The van der Waals surface area contributed by atoms with Crippen LogP contribution in [0.2, 0.25) is 0 Å². The zero-order chi connectivity index (χ0) is 14.3. The van der Waals surface area contributed by atoms with Crippen LogP contribution in [0.4, 0.5) is 18.9 Å². The second-order valence-electron chi connectivity index (χ2n) is 4.16. The molecule has 3 nitrogen and oxygen atoms in total. The lowest BCUT2D eigenvalue weighted by atomic mass is 10.2. The summed E-state index contributed by atoms with van der Waals surface area (Å²) in [6.45, 7) is 2.44. The summed E-state index contributed by atoms with van der Waals surface area (Å²) in [6.07, 6.45) is -0.806. The largest absolute Gasteiger partial charge is 0.573 e. The zero-order valence-electron chi connectivity index (χ0n) is 10.8. The van der Waals surface area contributed by atoms with E-state index in [-0.39, 0.29) is 11.4 Å². The van der Waals surface area contributed by atoms with Crippen molar-refractivity contribution < 1.29 is 22.6 Å². The average molecular weight is 277 g/mol. The number of nitrogens with two attached hydrogens (primary N) is 1. The van der Waals surface area contributed by atoms with Gasteiger partial charge in [-0.1, -0.05) is 26.2 Å². The van der Waals surface area contributed by atoms with E-state index in [1.807, 2.05) is 0 Å².